The van der Waals surface area contributed by atoms with E-state index in [-0.39, 0.29) is 0 Å². The molecule has 1 aromatic rings. The summed E-state index contributed by atoms with van der Waals surface area (Å²) in [5.41, 5.74) is 4.49. The minimum Gasteiger partial charge on any atom is -0.334 e. The van der Waals surface area contributed by atoms with Crippen molar-refractivity contribution in [2.24, 2.45) is 4.99 Å². The molecule has 0 bridgehead atoms. The third-order valence-corrected chi connectivity index (χ3v) is 3.09. The molecule has 86 valence electrons. The minimum absolute atomic E-state index is 0.998. The van der Waals surface area contributed by atoms with Crippen molar-refractivity contribution in [3.05, 3.63) is 29.9 Å². The molecule has 0 amide bonds. The first-order valence-electron chi connectivity index (χ1n) is 5.97. The first-order chi connectivity index (χ1) is 7.77. The molecule has 1 aliphatic rings. The van der Waals surface area contributed by atoms with Crippen molar-refractivity contribution in [2.75, 3.05) is 7.05 Å². The standard InChI is InChI=1S/C13H19N3/c1-4-6-10(2)12(14-3)13-11-7-5-8-16(11)9-15-13/h9H,2,4-8H2,1,3H3. The van der Waals surface area contributed by atoms with Gasteiger partial charge in [-0.15, -0.1) is 0 Å². The van der Waals surface area contributed by atoms with Gasteiger partial charge in [-0.05, 0) is 24.8 Å². The van der Waals surface area contributed by atoms with Gasteiger partial charge in [0.25, 0.3) is 0 Å². The van der Waals surface area contributed by atoms with E-state index in [1.54, 1.807) is 0 Å². The van der Waals surface area contributed by atoms with Crippen LogP contribution >= 0.6 is 0 Å². The highest BCUT2D eigenvalue weighted by atomic mass is 15.1. The third-order valence-electron chi connectivity index (χ3n) is 3.09. The Morgan fingerprint density at radius 3 is 3.12 bits per heavy atom. The van der Waals surface area contributed by atoms with E-state index in [1.165, 1.54) is 12.1 Å². The molecule has 3 nitrogen and oxygen atoms in total. The van der Waals surface area contributed by atoms with Crippen molar-refractivity contribution >= 4 is 5.71 Å². The van der Waals surface area contributed by atoms with E-state index in [4.69, 9.17) is 0 Å². The molecule has 2 rings (SSSR count). The van der Waals surface area contributed by atoms with Gasteiger partial charge >= 0.3 is 0 Å². The summed E-state index contributed by atoms with van der Waals surface area (Å²) in [5, 5.41) is 0. The Balaban J connectivity index is 2.31. The second-order valence-corrected chi connectivity index (χ2v) is 4.26. The van der Waals surface area contributed by atoms with Gasteiger partial charge in [0, 0.05) is 19.3 Å². The maximum absolute atomic E-state index is 4.48. The number of nitrogens with zero attached hydrogens (tertiary/aromatic N) is 3. The van der Waals surface area contributed by atoms with Gasteiger partial charge in [-0.2, -0.15) is 0 Å². The molecule has 0 fully saturated rings. The number of fused-ring (bicyclic) bond motifs is 1. The lowest BCUT2D eigenvalue weighted by Gasteiger charge is -2.07. The molecule has 0 saturated carbocycles. The van der Waals surface area contributed by atoms with Gasteiger partial charge in [-0.3, -0.25) is 4.99 Å². The van der Waals surface area contributed by atoms with Crippen LogP contribution in [-0.4, -0.2) is 22.3 Å². The zero-order valence-corrected chi connectivity index (χ0v) is 10.2. The summed E-state index contributed by atoms with van der Waals surface area (Å²) in [7, 11) is 1.83. The summed E-state index contributed by atoms with van der Waals surface area (Å²) in [6.07, 6.45) is 6.38. The van der Waals surface area contributed by atoms with E-state index < -0.39 is 0 Å². The van der Waals surface area contributed by atoms with E-state index in [2.05, 4.69) is 28.0 Å². The summed E-state index contributed by atoms with van der Waals surface area (Å²) in [6, 6.07) is 0. The lowest BCUT2D eigenvalue weighted by molar-refractivity contribution is 0.741. The lowest BCUT2D eigenvalue weighted by atomic mass is 10.0. The first kappa shape index (κ1) is 11.1. The largest absolute Gasteiger partial charge is 0.334 e. The van der Waals surface area contributed by atoms with E-state index in [0.29, 0.717) is 0 Å². The normalized spacial score (nSPS) is 15.2. The van der Waals surface area contributed by atoms with Crippen molar-refractivity contribution in [1.82, 2.24) is 9.55 Å². The molecule has 0 saturated heterocycles. The highest BCUT2D eigenvalue weighted by Gasteiger charge is 2.20. The van der Waals surface area contributed by atoms with Crippen LogP contribution in [-0.2, 0) is 13.0 Å². The Labute approximate surface area is 96.9 Å². The van der Waals surface area contributed by atoms with Gasteiger partial charge in [0.05, 0.1) is 12.0 Å². The highest BCUT2D eigenvalue weighted by Crippen LogP contribution is 2.21. The molecule has 0 N–H and O–H groups in total. The maximum Gasteiger partial charge on any atom is 0.110 e. The minimum atomic E-state index is 0.998. The number of aryl methyl sites for hydroxylation is 1. The smallest absolute Gasteiger partial charge is 0.110 e. The summed E-state index contributed by atoms with van der Waals surface area (Å²) >= 11 is 0. The Bertz CT molecular complexity index is 426. The zero-order chi connectivity index (χ0) is 11.5. The topological polar surface area (TPSA) is 30.2 Å². The molecule has 0 radical (unpaired) electrons. The predicted molar refractivity (Wildman–Crippen MR) is 67.1 cm³/mol. The van der Waals surface area contributed by atoms with Crippen LogP contribution in [0, 0.1) is 0 Å². The summed E-state index contributed by atoms with van der Waals surface area (Å²) in [4.78, 5) is 8.85. The monoisotopic (exact) mass is 217 g/mol. The number of imidazole rings is 1. The van der Waals surface area contributed by atoms with Crippen LogP contribution in [0.15, 0.2) is 23.5 Å². The van der Waals surface area contributed by atoms with Gasteiger partial charge in [-0.1, -0.05) is 19.9 Å². The molecule has 0 unspecified atom stereocenters. The van der Waals surface area contributed by atoms with Crippen LogP contribution in [0.1, 0.15) is 37.6 Å². The number of hydrogen-bond donors (Lipinski definition) is 0. The Kier molecular flexibility index (Phi) is 3.22. The molecule has 16 heavy (non-hydrogen) atoms. The van der Waals surface area contributed by atoms with Gasteiger partial charge in [0.15, 0.2) is 0 Å². The number of allylic oxidation sites excluding steroid dienone is 1. The van der Waals surface area contributed by atoms with Gasteiger partial charge < -0.3 is 4.57 Å². The summed E-state index contributed by atoms with van der Waals surface area (Å²) in [6.45, 7) is 7.38. The van der Waals surface area contributed by atoms with E-state index in [9.17, 15) is 0 Å². The van der Waals surface area contributed by atoms with Crippen LogP contribution in [0.4, 0.5) is 0 Å². The second kappa shape index (κ2) is 4.64. The number of rotatable bonds is 4. The zero-order valence-electron chi connectivity index (χ0n) is 10.2. The molecular weight excluding hydrogens is 198 g/mol. The Hall–Kier alpha value is -1.38. The Morgan fingerprint density at radius 1 is 1.62 bits per heavy atom. The fourth-order valence-electron chi connectivity index (χ4n) is 2.33. The van der Waals surface area contributed by atoms with Gasteiger partial charge in [0.1, 0.15) is 5.69 Å². The highest BCUT2D eigenvalue weighted by molar-refractivity contribution is 6.11. The van der Waals surface area contributed by atoms with Gasteiger partial charge in [-0.25, -0.2) is 4.98 Å². The fraction of sp³-hybridized carbons (Fsp3) is 0.538. The SMILES string of the molecule is C=C(CCC)C(=NC)c1ncn2c1CCC2. The summed E-state index contributed by atoms with van der Waals surface area (Å²) in [5.74, 6) is 0. The molecule has 2 heterocycles. The van der Waals surface area contributed by atoms with Crippen molar-refractivity contribution in [3.63, 3.8) is 0 Å². The predicted octanol–water partition coefficient (Wildman–Crippen LogP) is 2.60. The molecule has 0 spiro atoms. The average molecular weight is 217 g/mol. The van der Waals surface area contributed by atoms with Crippen LogP contribution in [0.5, 0.6) is 0 Å². The average Bonchev–Trinajstić information content (AvgIpc) is 2.83. The molecule has 1 aromatic heterocycles. The van der Waals surface area contributed by atoms with Crippen molar-refractivity contribution < 1.29 is 0 Å². The molecule has 0 aromatic carbocycles. The molecular formula is C13H19N3. The number of hydrogen-bond acceptors (Lipinski definition) is 2. The quantitative estimate of drug-likeness (QED) is 0.713. The van der Waals surface area contributed by atoms with Crippen molar-refractivity contribution in [2.45, 2.75) is 39.2 Å². The van der Waals surface area contributed by atoms with Crippen LogP contribution < -0.4 is 0 Å². The Morgan fingerprint density at radius 2 is 2.44 bits per heavy atom. The van der Waals surface area contributed by atoms with E-state index in [1.807, 2.05) is 13.4 Å². The van der Waals surface area contributed by atoms with E-state index >= 15 is 0 Å². The lowest BCUT2D eigenvalue weighted by Crippen LogP contribution is -2.08. The summed E-state index contributed by atoms with van der Waals surface area (Å²) < 4.78 is 2.24. The van der Waals surface area contributed by atoms with Gasteiger partial charge in [0.2, 0.25) is 0 Å². The number of aromatic nitrogens is 2. The van der Waals surface area contributed by atoms with Crippen LogP contribution in [0.3, 0.4) is 0 Å². The molecule has 0 atom stereocenters. The van der Waals surface area contributed by atoms with E-state index in [0.717, 1.165) is 42.8 Å². The first-order valence-corrected chi connectivity index (χ1v) is 5.97. The molecule has 1 aliphatic heterocycles. The maximum atomic E-state index is 4.48. The van der Waals surface area contributed by atoms with Crippen LogP contribution in [0.25, 0.3) is 0 Å². The second-order valence-electron chi connectivity index (χ2n) is 4.26. The molecule has 3 heteroatoms. The fourth-order valence-corrected chi connectivity index (χ4v) is 2.33. The van der Waals surface area contributed by atoms with Crippen molar-refractivity contribution in [1.29, 1.82) is 0 Å². The third kappa shape index (κ3) is 1.82. The number of aliphatic imine (C=N–C) groups is 1. The van der Waals surface area contributed by atoms with Crippen molar-refractivity contribution in [3.8, 4) is 0 Å². The van der Waals surface area contributed by atoms with Crippen LogP contribution in [0.2, 0.25) is 0 Å². The molecule has 0 aliphatic carbocycles.